The molecule has 0 saturated carbocycles. The highest BCUT2D eigenvalue weighted by molar-refractivity contribution is 7.16. The number of fused-ring (bicyclic) bond motifs is 3. The van der Waals surface area contributed by atoms with E-state index in [4.69, 9.17) is 4.42 Å². The van der Waals surface area contributed by atoms with E-state index in [1.54, 1.807) is 35.6 Å². The Morgan fingerprint density at radius 1 is 1.24 bits per heavy atom. The second-order valence-electron chi connectivity index (χ2n) is 7.62. The number of nitro benzene ring substituents is 1. The van der Waals surface area contributed by atoms with E-state index in [1.807, 2.05) is 0 Å². The number of amides is 1. The number of hydrogen-bond acceptors (Lipinski definition) is 6. The van der Waals surface area contributed by atoms with Crippen LogP contribution in [0.15, 0.2) is 40.8 Å². The maximum atomic E-state index is 12.8. The van der Waals surface area contributed by atoms with Gasteiger partial charge in [-0.15, -0.1) is 11.3 Å². The first kappa shape index (κ1) is 17.9. The van der Waals surface area contributed by atoms with Gasteiger partial charge in [-0.2, -0.15) is 0 Å². The second kappa shape index (κ2) is 6.73. The highest BCUT2D eigenvalue weighted by Gasteiger charge is 2.34. The van der Waals surface area contributed by atoms with Gasteiger partial charge in [0.25, 0.3) is 11.6 Å². The molecule has 0 spiro atoms. The number of benzene rings is 1. The third-order valence-corrected chi connectivity index (χ3v) is 6.73. The third-order valence-electron chi connectivity index (χ3n) is 5.54. The Morgan fingerprint density at radius 3 is 2.93 bits per heavy atom. The fraction of sp³-hybridized carbons (Fsp3) is 0.286. The van der Waals surface area contributed by atoms with Gasteiger partial charge in [-0.3, -0.25) is 14.9 Å². The van der Waals surface area contributed by atoms with Crippen molar-refractivity contribution >= 4 is 27.9 Å². The molecule has 0 bridgehead atoms. The van der Waals surface area contributed by atoms with Crippen LogP contribution in [-0.4, -0.2) is 10.8 Å². The Hall–Kier alpha value is -3.13. The summed E-state index contributed by atoms with van der Waals surface area (Å²) >= 11 is 1.66. The molecule has 29 heavy (non-hydrogen) atoms. The summed E-state index contributed by atoms with van der Waals surface area (Å²) < 4.78 is 5.93. The van der Waals surface area contributed by atoms with Crippen LogP contribution in [0.3, 0.4) is 0 Å². The van der Waals surface area contributed by atoms with Crippen LogP contribution in [0.2, 0.25) is 0 Å². The molecule has 2 atom stereocenters. The molecular formula is C21H19N3O4S. The normalized spacial score (nSPS) is 20.4. The molecule has 2 aromatic heterocycles. The molecule has 1 aliphatic carbocycles. The van der Waals surface area contributed by atoms with Crippen molar-refractivity contribution in [3.05, 3.63) is 68.3 Å². The van der Waals surface area contributed by atoms with Crippen LogP contribution in [0.4, 0.5) is 10.7 Å². The summed E-state index contributed by atoms with van der Waals surface area (Å²) in [5.74, 6) is 1.64. The van der Waals surface area contributed by atoms with Crippen LogP contribution in [0.5, 0.6) is 0 Å². The van der Waals surface area contributed by atoms with Crippen molar-refractivity contribution < 1.29 is 14.1 Å². The Kier molecular flexibility index (Phi) is 4.16. The number of nitrogens with zero attached hydrogens (tertiary/aromatic N) is 1. The van der Waals surface area contributed by atoms with Gasteiger partial charge in [-0.25, -0.2) is 0 Å². The van der Waals surface area contributed by atoms with Crippen LogP contribution >= 0.6 is 11.3 Å². The zero-order valence-corrected chi connectivity index (χ0v) is 16.5. The number of non-ortho nitro benzene ring substituents is 1. The molecule has 0 saturated heterocycles. The lowest BCUT2D eigenvalue weighted by Crippen LogP contribution is -2.38. The van der Waals surface area contributed by atoms with Crippen molar-refractivity contribution in [3.63, 3.8) is 0 Å². The Bertz CT molecular complexity index is 1130. The first-order valence-electron chi connectivity index (χ1n) is 9.56. The smallest absolute Gasteiger partial charge is 0.270 e. The quantitative estimate of drug-likeness (QED) is 0.474. The van der Waals surface area contributed by atoms with Crippen LogP contribution < -0.4 is 10.6 Å². The van der Waals surface area contributed by atoms with Gasteiger partial charge in [0.1, 0.15) is 16.5 Å². The molecule has 0 fully saturated rings. The van der Waals surface area contributed by atoms with Gasteiger partial charge in [0.05, 0.1) is 10.5 Å². The number of furan rings is 1. The predicted octanol–water partition coefficient (Wildman–Crippen LogP) is 4.90. The summed E-state index contributed by atoms with van der Waals surface area (Å²) in [6.07, 6.45) is 2.60. The molecule has 2 aliphatic rings. The van der Waals surface area contributed by atoms with Crippen molar-refractivity contribution in [3.8, 4) is 11.3 Å². The van der Waals surface area contributed by atoms with Gasteiger partial charge >= 0.3 is 0 Å². The minimum atomic E-state index is -0.472. The molecular weight excluding hydrogens is 390 g/mol. The van der Waals surface area contributed by atoms with Gasteiger partial charge < -0.3 is 15.1 Å². The molecule has 8 heteroatoms. The Balaban J connectivity index is 1.43. The van der Waals surface area contributed by atoms with Gasteiger partial charge in [0, 0.05) is 22.6 Å². The summed E-state index contributed by atoms with van der Waals surface area (Å²) in [7, 11) is 0. The number of rotatable bonds is 3. The molecule has 3 aromatic rings. The predicted molar refractivity (Wildman–Crippen MR) is 110 cm³/mol. The summed E-state index contributed by atoms with van der Waals surface area (Å²) in [5, 5.41) is 18.3. The van der Waals surface area contributed by atoms with E-state index in [-0.39, 0.29) is 11.6 Å². The number of nitro groups is 1. The molecule has 5 rings (SSSR count). The molecule has 7 nitrogen and oxygen atoms in total. The summed E-state index contributed by atoms with van der Waals surface area (Å²) in [6, 6.07) is 9.85. The number of hydrogen-bond donors (Lipinski definition) is 2. The third kappa shape index (κ3) is 3.09. The summed E-state index contributed by atoms with van der Waals surface area (Å²) in [6.45, 7) is 2.25. The topological polar surface area (TPSA) is 97.4 Å². The molecule has 1 amide bonds. The van der Waals surface area contributed by atoms with Gasteiger partial charge in [0.15, 0.2) is 6.17 Å². The molecule has 0 unspecified atom stereocenters. The Labute approximate surface area is 170 Å². The zero-order valence-electron chi connectivity index (χ0n) is 15.7. The monoisotopic (exact) mass is 409 g/mol. The van der Waals surface area contributed by atoms with E-state index in [2.05, 4.69) is 17.6 Å². The highest BCUT2D eigenvalue weighted by atomic mass is 32.1. The van der Waals surface area contributed by atoms with Crippen LogP contribution in [0, 0.1) is 16.0 Å². The van der Waals surface area contributed by atoms with Crippen molar-refractivity contribution in [1.29, 1.82) is 0 Å². The minimum absolute atomic E-state index is 0.00702. The molecule has 148 valence electrons. The van der Waals surface area contributed by atoms with E-state index in [9.17, 15) is 14.9 Å². The van der Waals surface area contributed by atoms with Gasteiger partial charge in [-0.1, -0.05) is 19.1 Å². The molecule has 3 heterocycles. The molecule has 2 N–H and O–H groups in total. The van der Waals surface area contributed by atoms with E-state index in [0.29, 0.717) is 23.0 Å². The Morgan fingerprint density at radius 2 is 2.10 bits per heavy atom. The molecule has 1 aromatic carbocycles. The maximum absolute atomic E-state index is 12.8. The van der Waals surface area contributed by atoms with Crippen molar-refractivity contribution in [2.75, 3.05) is 5.32 Å². The molecule has 1 aliphatic heterocycles. The van der Waals surface area contributed by atoms with Crippen molar-refractivity contribution in [1.82, 2.24) is 5.32 Å². The van der Waals surface area contributed by atoms with E-state index >= 15 is 0 Å². The SMILES string of the molecule is C[C@@H]1CCc2c(sc3c2C(=O)N[C@H](c2ccc(-c4cccc([N+](=O)[O-])c4)o2)N3)C1. The van der Waals surface area contributed by atoms with Crippen molar-refractivity contribution in [2.24, 2.45) is 5.92 Å². The standard InChI is InChI=1S/C21H19N3O4S/c1-11-5-6-14-17(9-11)29-21-18(14)20(25)22-19(23-21)16-8-7-15(28-16)12-3-2-4-13(10-12)24(26)27/h2-4,7-8,10-11,19,23H,5-6,9H2,1H3,(H,22,25)/t11-,19+/m1/s1. The average molecular weight is 409 g/mol. The number of anilines is 1. The minimum Gasteiger partial charge on any atom is -0.457 e. The zero-order chi connectivity index (χ0) is 20.1. The first-order chi connectivity index (χ1) is 14.0. The lowest BCUT2D eigenvalue weighted by Gasteiger charge is -2.25. The number of carbonyl (C=O) groups excluding carboxylic acids is 1. The summed E-state index contributed by atoms with van der Waals surface area (Å²) in [5.41, 5.74) is 2.59. The number of thiophene rings is 1. The second-order valence-corrected chi connectivity index (χ2v) is 8.72. The lowest BCUT2D eigenvalue weighted by atomic mass is 9.88. The fourth-order valence-corrected chi connectivity index (χ4v) is 5.48. The van der Waals surface area contributed by atoms with Gasteiger partial charge in [-0.05, 0) is 42.9 Å². The van der Waals surface area contributed by atoms with Crippen LogP contribution in [-0.2, 0) is 12.8 Å². The fourth-order valence-electron chi connectivity index (χ4n) is 4.04. The highest BCUT2D eigenvalue weighted by Crippen LogP contribution is 2.43. The van der Waals surface area contributed by atoms with E-state index < -0.39 is 11.1 Å². The lowest BCUT2D eigenvalue weighted by molar-refractivity contribution is -0.384. The van der Waals surface area contributed by atoms with Crippen molar-refractivity contribution in [2.45, 2.75) is 32.4 Å². The largest absolute Gasteiger partial charge is 0.457 e. The van der Waals surface area contributed by atoms with Crippen LogP contribution in [0.1, 0.15) is 46.1 Å². The average Bonchev–Trinajstić information content (AvgIpc) is 3.32. The first-order valence-corrected chi connectivity index (χ1v) is 10.4. The van der Waals surface area contributed by atoms with Gasteiger partial charge in [0.2, 0.25) is 0 Å². The summed E-state index contributed by atoms with van der Waals surface area (Å²) in [4.78, 5) is 24.7. The van der Waals surface area contributed by atoms with E-state index in [0.717, 1.165) is 29.8 Å². The number of nitrogens with one attached hydrogen (secondary N) is 2. The molecule has 0 radical (unpaired) electrons. The van der Waals surface area contributed by atoms with E-state index in [1.165, 1.54) is 22.6 Å². The maximum Gasteiger partial charge on any atom is 0.270 e. The van der Waals surface area contributed by atoms with Crippen LogP contribution in [0.25, 0.3) is 11.3 Å². The number of carbonyl (C=O) groups is 1.